The molecule has 0 spiro atoms. The highest BCUT2D eigenvalue weighted by Crippen LogP contribution is 2.59. The molecule has 7 rings (SSSR count). The summed E-state index contributed by atoms with van der Waals surface area (Å²) in [6.07, 6.45) is 9.12. The van der Waals surface area contributed by atoms with Gasteiger partial charge in [-0.15, -0.1) is 11.3 Å². The second-order valence-electron chi connectivity index (χ2n) is 8.04. The van der Waals surface area contributed by atoms with Crippen LogP contribution in [0, 0.1) is 6.92 Å². The van der Waals surface area contributed by atoms with E-state index in [0.29, 0.717) is 0 Å². The van der Waals surface area contributed by atoms with Crippen molar-refractivity contribution >= 4 is 27.7 Å². The Morgan fingerprint density at radius 3 is 2.11 bits per heavy atom. The summed E-state index contributed by atoms with van der Waals surface area (Å²) in [6, 6.07) is 18.3. The lowest BCUT2D eigenvalue weighted by Crippen LogP contribution is -1.88. The van der Waals surface area contributed by atoms with Crippen molar-refractivity contribution < 1.29 is 0 Å². The average molecular weight is 375 g/mol. The number of rotatable bonds is 1. The molecular weight excluding hydrogens is 356 g/mol. The maximum absolute atomic E-state index is 2.37. The van der Waals surface area contributed by atoms with Gasteiger partial charge < -0.3 is 0 Å². The molecule has 0 radical (unpaired) electrons. The molecule has 4 aromatic rings. The van der Waals surface area contributed by atoms with E-state index < -0.39 is 0 Å². The molecule has 0 atom stereocenters. The normalized spacial score (nSPS) is 15.1. The average Bonchev–Trinajstić information content (AvgIpc) is 3.36. The van der Waals surface area contributed by atoms with Gasteiger partial charge in [0.1, 0.15) is 0 Å². The predicted molar refractivity (Wildman–Crippen MR) is 122 cm³/mol. The second kappa shape index (κ2) is 5.12. The van der Waals surface area contributed by atoms with Crippen molar-refractivity contribution in [2.75, 3.05) is 0 Å². The zero-order valence-electron chi connectivity index (χ0n) is 15.7. The van der Waals surface area contributed by atoms with Crippen molar-refractivity contribution in [3.63, 3.8) is 0 Å². The van der Waals surface area contributed by atoms with Crippen LogP contribution < -0.4 is 0 Å². The van der Waals surface area contributed by atoms with E-state index in [1.165, 1.54) is 70.6 Å². The van der Waals surface area contributed by atoms with Crippen LogP contribution in [0.15, 0.2) is 66.8 Å². The van der Waals surface area contributed by atoms with Crippen molar-refractivity contribution in [2.45, 2.75) is 19.8 Å². The van der Waals surface area contributed by atoms with Crippen molar-refractivity contribution in [3.05, 3.63) is 77.2 Å². The summed E-state index contributed by atoms with van der Waals surface area (Å²) in [6.45, 7) is 2.32. The molecule has 0 fully saturated rings. The number of allylic oxidation sites excluding steroid dienone is 4. The maximum Gasteiger partial charge on any atom is 0.0437 e. The third kappa shape index (κ3) is 1.67. The molecule has 1 aromatic heterocycles. The third-order valence-electron chi connectivity index (χ3n) is 6.63. The predicted octanol–water partition coefficient (Wildman–Crippen LogP) is 8.24. The zero-order valence-corrected chi connectivity index (χ0v) is 16.5. The topological polar surface area (TPSA) is 0 Å². The molecule has 0 saturated carbocycles. The molecule has 0 N–H and O–H groups in total. The van der Waals surface area contributed by atoms with Crippen molar-refractivity contribution in [1.82, 2.24) is 0 Å². The Kier molecular flexibility index (Phi) is 2.76. The molecule has 28 heavy (non-hydrogen) atoms. The summed E-state index contributed by atoms with van der Waals surface area (Å²) in [5.41, 5.74) is 12.9. The molecule has 0 unspecified atom stereocenters. The number of thiophene rings is 1. The minimum atomic E-state index is 1.16. The van der Waals surface area contributed by atoms with Crippen LogP contribution in [-0.2, 0) is 0 Å². The highest BCUT2D eigenvalue weighted by molar-refractivity contribution is 7.17. The summed E-state index contributed by atoms with van der Waals surface area (Å²) < 4.78 is 0. The Bertz CT molecular complexity index is 1380. The first-order chi connectivity index (χ1) is 13.8. The molecule has 0 saturated heterocycles. The molecule has 1 heterocycles. The van der Waals surface area contributed by atoms with E-state index in [2.05, 4.69) is 73.7 Å². The van der Waals surface area contributed by atoms with E-state index in [1.807, 2.05) is 11.3 Å². The van der Waals surface area contributed by atoms with Gasteiger partial charge in [-0.2, -0.15) is 0 Å². The highest BCUT2D eigenvalue weighted by Gasteiger charge is 2.32. The van der Waals surface area contributed by atoms with Gasteiger partial charge in [-0.1, -0.05) is 66.8 Å². The van der Waals surface area contributed by atoms with Gasteiger partial charge in [-0.25, -0.2) is 0 Å². The first-order valence-electron chi connectivity index (χ1n) is 10.0. The Labute approximate surface area is 168 Å². The van der Waals surface area contributed by atoms with E-state index >= 15 is 0 Å². The molecule has 0 bridgehead atoms. The molecule has 3 aromatic carbocycles. The van der Waals surface area contributed by atoms with E-state index in [1.54, 1.807) is 0 Å². The highest BCUT2D eigenvalue weighted by atomic mass is 32.1. The van der Waals surface area contributed by atoms with Gasteiger partial charge in [0.15, 0.2) is 0 Å². The molecule has 0 nitrogen and oxygen atoms in total. The summed E-state index contributed by atoms with van der Waals surface area (Å²) in [4.78, 5) is 2.96. The lowest BCUT2D eigenvalue weighted by molar-refractivity contribution is 1.06. The van der Waals surface area contributed by atoms with E-state index in [-0.39, 0.29) is 0 Å². The van der Waals surface area contributed by atoms with Crippen molar-refractivity contribution in [1.29, 1.82) is 0 Å². The third-order valence-corrected chi connectivity index (χ3v) is 8.03. The molecule has 3 aliphatic rings. The van der Waals surface area contributed by atoms with Crippen LogP contribution in [0.4, 0.5) is 0 Å². The van der Waals surface area contributed by atoms with Gasteiger partial charge in [0.2, 0.25) is 0 Å². The van der Waals surface area contributed by atoms with Gasteiger partial charge in [0.05, 0.1) is 0 Å². The fourth-order valence-electron chi connectivity index (χ4n) is 5.42. The van der Waals surface area contributed by atoms with Gasteiger partial charge in [0, 0.05) is 20.9 Å². The molecule has 0 amide bonds. The lowest BCUT2D eigenvalue weighted by atomic mass is 9.95. The van der Waals surface area contributed by atoms with Gasteiger partial charge >= 0.3 is 0 Å². The summed E-state index contributed by atoms with van der Waals surface area (Å²) >= 11 is 2.00. The van der Waals surface area contributed by atoms with Gasteiger partial charge in [-0.05, 0) is 69.5 Å². The molecule has 3 aliphatic carbocycles. The zero-order chi connectivity index (χ0) is 18.4. The second-order valence-corrected chi connectivity index (χ2v) is 9.06. The number of hydrogen-bond acceptors (Lipinski definition) is 1. The Morgan fingerprint density at radius 2 is 1.39 bits per heavy atom. The van der Waals surface area contributed by atoms with Crippen LogP contribution >= 0.6 is 11.3 Å². The summed E-state index contributed by atoms with van der Waals surface area (Å²) in [5.74, 6) is 0. The minimum Gasteiger partial charge on any atom is -0.135 e. The van der Waals surface area contributed by atoms with Crippen LogP contribution in [0.1, 0.15) is 23.3 Å². The fraction of sp³-hybridized carbons (Fsp3) is 0.111. The largest absolute Gasteiger partial charge is 0.135 e. The first-order valence-corrected chi connectivity index (χ1v) is 10.8. The Morgan fingerprint density at radius 1 is 0.714 bits per heavy atom. The summed E-state index contributed by atoms with van der Waals surface area (Å²) in [5, 5.41) is 2.93. The van der Waals surface area contributed by atoms with Crippen LogP contribution in [0.3, 0.4) is 0 Å². The maximum atomic E-state index is 2.37. The lowest BCUT2D eigenvalue weighted by Gasteiger charge is -2.10. The number of hydrogen-bond donors (Lipinski definition) is 0. The van der Waals surface area contributed by atoms with Crippen LogP contribution in [0.5, 0.6) is 0 Å². The fourth-order valence-corrected chi connectivity index (χ4v) is 6.83. The van der Waals surface area contributed by atoms with Gasteiger partial charge in [-0.3, -0.25) is 0 Å². The summed E-state index contributed by atoms with van der Waals surface area (Å²) in [7, 11) is 0. The monoisotopic (exact) mass is 374 g/mol. The Balaban J connectivity index is 1.55. The molecule has 1 heteroatoms. The smallest absolute Gasteiger partial charge is 0.0437 e. The SMILES string of the molecule is Cc1c(C2=CC=CCC2)sc2c1-c1ccc3c4c(ccc-2c14)-c1ccccc1-3. The van der Waals surface area contributed by atoms with Crippen molar-refractivity contribution in [2.24, 2.45) is 0 Å². The van der Waals surface area contributed by atoms with Gasteiger partial charge in [0.25, 0.3) is 0 Å². The Hall–Kier alpha value is -2.90. The minimum absolute atomic E-state index is 1.16. The van der Waals surface area contributed by atoms with Crippen LogP contribution in [-0.4, -0.2) is 0 Å². The van der Waals surface area contributed by atoms with E-state index in [0.717, 1.165) is 12.8 Å². The molecular formula is C27H18S. The standard InChI is InChI=1S/C27H18S/c1-15-23-21-13-11-19-17-9-5-6-10-18(17)20-12-14-22(25(21)24(19)20)27(23)28-26(15)16-7-3-2-4-8-16/h2-3,5-7,9-14H,4,8H2,1H3. The quantitative estimate of drug-likeness (QED) is 0.272. The van der Waals surface area contributed by atoms with Crippen molar-refractivity contribution in [3.8, 4) is 43.8 Å². The van der Waals surface area contributed by atoms with Crippen LogP contribution in [0.25, 0.3) is 60.2 Å². The number of fused-ring (bicyclic) bond motifs is 6. The molecule has 0 aliphatic heterocycles. The number of benzene rings is 3. The van der Waals surface area contributed by atoms with Crippen LogP contribution in [0.2, 0.25) is 0 Å². The molecule has 132 valence electrons. The first kappa shape index (κ1) is 15.1. The van der Waals surface area contributed by atoms with E-state index in [9.17, 15) is 0 Å². The van der Waals surface area contributed by atoms with E-state index in [4.69, 9.17) is 0 Å².